The molecule has 3 aromatic rings. The van der Waals surface area contributed by atoms with Crippen molar-refractivity contribution in [1.29, 1.82) is 0 Å². The smallest absolute Gasteiger partial charge is 0.271 e. The van der Waals surface area contributed by atoms with Crippen molar-refractivity contribution in [1.82, 2.24) is 19.7 Å². The molecule has 1 saturated carbocycles. The molecule has 0 saturated heterocycles. The van der Waals surface area contributed by atoms with Gasteiger partial charge in [0.2, 0.25) is 0 Å². The van der Waals surface area contributed by atoms with Gasteiger partial charge in [0.1, 0.15) is 17.4 Å². The predicted molar refractivity (Wildman–Crippen MR) is 108 cm³/mol. The van der Waals surface area contributed by atoms with Crippen molar-refractivity contribution in [2.24, 2.45) is 15.7 Å². The highest BCUT2D eigenvalue weighted by atomic mass is 32.2. The minimum Gasteiger partial charge on any atom is -0.271 e. The van der Waals surface area contributed by atoms with Gasteiger partial charge in [0.25, 0.3) is 5.91 Å². The normalized spacial score (nSPS) is 16.8. The Bertz CT molecular complexity index is 1260. The first-order valence-corrected chi connectivity index (χ1v) is 11.3. The topological polar surface area (TPSA) is 90.1 Å². The van der Waals surface area contributed by atoms with Crippen LogP contribution in [0.2, 0.25) is 0 Å². The fourth-order valence-electron chi connectivity index (χ4n) is 2.90. The quantitative estimate of drug-likeness (QED) is 0.581. The zero-order valence-electron chi connectivity index (χ0n) is 16.8. The van der Waals surface area contributed by atoms with Gasteiger partial charge in [0.05, 0.1) is 27.6 Å². The lowest BCUT2D eigenvalue weighted by molar-refractivity contribution is -0.209. The van der Waals surface area contributed by atoms with Crippen LogP contribution in [0.25, 0.3) is 16.6 Å². The van der Waals surface area contributed by atoms with Crippen LogP contribution in [0.15, 0.2) is 52.4 Å². The number of amides is 1. The summed E-state index contributed by atoms with van der Waals surface area (Å²) in [4.78, 5) is 20.6. The monoisotopic (exact) mass is 451 g/mol. The third-order valence-corrected chi connectivity index (χ3v) is 7.66. The molecule has 2 heterocycles. The molecule has 7 nitrogen and oxygen atoms in total. The van der Waals surface area contributed by atoms with Crippen LogP contribution in [0, 0.1) is 11.3 Å². The van der Waals surface area contributed by atoms with Gasteiger partial charge in [-0.2, -0.15) is 22.6 Å². The standard InChI is InChI=1S/C20H20F3N5O2S/c1-19(2,20(21,22)23)18(29)27-31(30,11-13-3-4-13)16-5-6-17-14(7-16)10-28(26-17)15-8-24-12-25-9-15/h5-10,12-13H,3-4,11H2,1-2H3. The van der Waals surface area contributed by atoms with Gasteiger partial charge < -0.3 is 0 Å². The highest BCUT2D eigenvalue weighted by Crippen LogP contribution is 2.40. The van der Waals surface area contributed by atoms with Crippen molar-refractivity contribution in [3.8, 4) is 5.69 Å². The number of benzene rings is 1. The third-order valence-electron chi connectivity index (χ3n) is 5.29. The predicted octanol–water partition coefficient (Wildman–Crippen LogP) is 4.17. The number of fused-ring (bicyclic) bond motifs is 1. The molecule has 0 bridgehead atoms. The lowest BCUT2D eigenvalue weighted by Gasteiger charge is -2.24. The molecular weight excluding hydrogens is 431 g/mol. The molecule has 1 unspecified atom stereocenters. The average Bonchev–Trinajstić information content (AvgIpc) is 3.41. The van der Waals surface area contributed by atoms with E-state index in [0.29, 0.717) is 16.6 Å². The second-order valence-corrected chi connectivity index (χ2v) is 10.4. The zero-order valence-corrected chi connectivity index (χ0v) is 17.7. The Morgan fingerprint density at radius 1 is 1.23 bits per heavy atom. The van der Waals surface area contributed by atoms with Crippen molar-refractivity contribution >= 4 is 26.5 Å². The van der Waals surface area contributed by atoms with E-state index in [0.717, 1.165) is 26.7 Å². The Balaban J connectivity index is 1.79. The van der Waals surface area contributed by atoms with E-state index in [1.807, 2.05) is 0 Å². The number of carbonyl (C=O) groups excluding carboxylic acids is 1. The molecule has 0 spiro atoms. The fourth-order valence-corrected chi connectivity index (χ4v) is 5.34. The number of carbonyl (C=O) groups is 1. The molecule has 1 amide bonds. The first kappa shape index (κ1) is 21.4. The van der Waals surface area contributed by atoms with E-state index in [1.165, 1.54) is 12.4 Å². The minimum absolute atomic E-state index is 0.0544. The van der Waals surface area contributed by atoms with Crippen molar-refractivity contribution in [3.63, 3.8) is 0 Å². The molecule has 2 aromatic heterocycles. The van der Waals surface area contributed by atoms with Crippen molar-refractivity contribution < 1.29 is 22.2 Å². The summed E-state index contributed by atoms with van der Waals surface area (Å²) in [6, 6.07) is 4.71. The van der Waals surface area contributed by atoms with E-state index in [-0.39, 0.29) is 16.6 Å². The Kier molecular flexibility index (Phi) is 5.11. The molecule has 1 aliphatic rings. The maximum absolute atomic E-state index is 13.7. The molecule has 0 radical (unpaired) electrons. The summed E-state index contributed by atoms with van der Waals surface area (Å²) in [6.07, 6.45) is 3.05. The van der Waals surface area contributed by atoms with Gasteiger partial charge in [0.15, 0.2) is 0 Å². The number of rotatable bonds is 5. The lowest BCUT2D eigenvalue weighted by atomic mass is 9.92. The van der Waals surface area contributed by atoms with Crippen molar-refractivity contribution in [2.75, 3.05) is 5.75 Å². The summed E-state index contributed by atoms with van der Waals surface area (Å²) in [6.45, 7) is 1.51. The average molecular weight is 451 g/mol. The van der Waals surface area contributed by atoms with Gasteiger partial charge in [-0.15, -0.1) is 0 Å². The number of alkyl halides is 3. The molecule has 1 atom stereocenters. The number of hydrogen-bond donors (Lipinski definition) is 0. The van der Waals surface area contributed by atoms with Crippen molar-refractivity contribution in [2.45, 2.75) is 37.8 Å². The molecule has 1 fully saturated rings. The summed E-state index contributed by atoms with van der Waals surface area (Å²) in [5.74, 6) is -1.29. The van der Waals surface area contributed by atoms with Crippen LogP contribution < -0.4 is 0 Å². The van der Waals surface area contributed by atoms with Crippen LogP contribution in [0.4, 0.5) is 13.2 Å². The summed E-state index contributed by atoms with van der Waals surface area (Å²) in [5.41, 5.74) is -1.52. The van der Waals surface area contributed by atoms with Crippen molar-refractivity contribution in [3.05, 3.63) is 43.1 Å². The molecule has 0 aliphatic heterocycles. The van der Waals surface area contributed by atoms with Gasteiger partial charge in [-0.25, -0.2) is 18.9 Å². The molecule has 1 aromatic carbocycles. The Morgan fingerprint density at radius 2 is 1.90 bits per heavy atom. The molecule has 164 valence electrons. The van der Waals surface area contributed by atoms with Gasteiger partial charge in [-0.1, -0.05) is 0 Å². The number of aromatic nitrogens is 4. The van der Waals surface area contributed by atoms with Crippen LogP contribution in [-0.2, 0) is 14.5 Å². The summed E-state index contributed by atoms with van der Waals surface area (Å²) >= 11 is 0. The van der Waals surface area contributed by atoms with E-state index in [2.05, 4.69) is 19.4 Å². The molecule has 11 heteroatoms. The maximum atomic E-state index is 13.7. The van der Waals surface area contributed by atoms with Crippen LogP contribution in [0.3, 0.4) is 0 Å². The highest BCUT2D eigenvalue weighted by molar-refractivity contribution is 7.94. The molecule has 31 heavy (non-hydrogen) atoms. The lowest BCUT2D eigenvalue weighted by Crippen LogP contribution is -2.39. The second kappa shape index (κ2) is 7.40. The molecule has 0 N–H and O–H groups in total. The van der Waals surface area contributed by atoms with Gasteiger partial charge in [-0.3, -0.25) is 4.79 Å². The summed E-state index contributed by atoms with van der Waals surface area (Å²) in [5, 5.41) is 5.02. The second-order valence-electron chi connectivity index (χ2n) is 8.16. The maximum Gasteiger partial charge on any atom is 0.402 e. The summed E-state index contributed by atoms with van der Waals surface area (Å²) in [7, 11) is -3.38. The zero-order chi connectivity index (χ0) is 22.4. The molecule has 1 aliphatic carbocycles. The van der Waals surface area contributed by atoms with Crippen LogP contribution in [0.5, 0.6) is 0 Å². The first-order chi connectivity index (χ1) is 14.5. The Morgan fingerprint density at radius 3 is 2.52 bits per heavy atom. The third kappa shape index (κ3) is 4.18. The van der Waals surface area contributed by atoms with E-state index in [4.69, 9.17) is 0 Å². The fraction of sp³-hybridized carbons (Fsp3) is 0.400. The van der Waals surface area contributed by atoms with Gasteiger partial charge in [-0.05, 0) is 50.8 Å². The van der Waals surface area contributed by atoms with Gasteiger partial charge in [0, 0.05) is 22.2 Å². The Hall–Kier alpha value is -2.82. The Labute approximate surface area is 176 Å². The van der Waals surface area contributed by atoms with Crippen LogP contribution in [-0.4, -0.2) is 41.8 Å². The van der Waals surface area contributed by atoms with E-state index in [1.54, 1.807) is 35.4 Å². The molecular formula is C20H20F3N5O2S. The van der Waals surface area contributed by atoms with Crippen LogP contribution in [0.1, 0.15) is 26.7 Å². The van der Waals surface area contributed by atoms with Gasteiger partial charge >= 0.3 is 6.18 Å². The van der Waals surface area contributed by atoms with E-state index < -0.39 is 27.2 Å². The minimum atomic E-state index is -4.80. The first-order valence-electron chi connectivity index (χ1n) is 9.60. The van der Waals surface area contributed by atoms with E-state index >= 15 is 0 Å². The largest absolute Gasteiger partial charge is 0.402 e. The highest BCUT2D eigenvalue weighted by Gasteiger charge is 2.53. The van der Waals surface area contributed by atoms with Crippen LogP contribution >= 0.6 is 0 Å². The summed E-state index contributed by atoms with van der Waals surface area (Å²) < 4.78 is 58.9. The SMILES string of the molecule is CC(C)(C(=O)N=S(=O)(CC1CC1)c1ccc2nn(-c3cncnc3)cc2c1)C(F)(F)F. The number of halogens is 3. The molecule has 4 rings (SSSR count). The number of hydrogen-bond acceptors (Lipinski definition) is 5. The number of nitrogens with zero attached hydrogens (tertiary/aromatic N) is 5. The van der Waals surface area contributed by atoms with E-state index in [9.17, 15) is 22.2 Å².